The van der Waals surface area contributed by atoms with Crippen molar-refractivity contribution in [3.05, 3.63) is 47.8 Å². The summed E-state index contributed by atoms with van der Waals surface area (Å²) < 4.78 is 24.1. The van der Waals surface area contributed by atoms with Gasteiger partial charge in [0, 0.05) is 42.9 Å². The summed E-state index contributed by atoms with van der Waals surface area (Å²) in [6, 6.07) is 3.41. The van der Waals surface area contributed by atoms with Crippen LogP contribution in [0.25, 0.3) is 0 Å². The number of nitrogens with one attached hydrogen (secondary N) is 1. The Bertz CT molecular complexity index is 1030. The van der Waals surface area contributed by atoms with Gasteiger partial charge in [0.05, 0.1) is 6.10 Å². The standard InChI is InChI=1S/C27H35NO7/c1-13-11-14(2)27-17(12-20(32-5)26(31)33-16(13)4)8-9-18-21(27)22(29)15(3)23(24(18)35-27)34-25(30)19-7-6-10-28-19/h6-11,13,15-18,20-24,28-29H,12H2,1-5H3/b14-11-/t13-,15-,16+,17-,18-,20+,21+,22-,23-,24+,27+/m1/s1. The van der Waals surface area contributed by atoms with Gasteiger partial charge in [0.15, 0.2) is 6.10 Å². The highest BCUT2D eigenvalue weighted by molar-refractivity contribution is 5.87. The van der Waals surface area contributed by atoms with E-state index in [1.165, 1.54) is 7.11 Å². The third kappa shape index (κ3) is 3.69. The number of H-pyrrole nitrogens is 1. The van der Waals surface area contributed by atoms with Gasteiger partial charge in [0.25, 0.3) is 0 Å². The van der Waals surface area contributed by atoms with Crippen LogP contribution in [-0.2, 0) is 23.7 Å². The Morgan fingerprint density at radius 1 is 1.26 bits per heavy atom. The molecule has 2 N–H and O–H groups in total. The van der Waals surface area contributed by atoms with E-state index in [1.807, 2.05) is 27.7 Å². The van der Waals surface area contributed by atoms with Crippen molar-refractivity contribution in [1.29, 1.82) is 0 Å². The molecule has 0 unspecified atom stereocenters. The lowest BCUT2D eigenvalue weighted by molar-refractivity contribution is -0.165. The number of aliphatic hydroxyl groups is 1. The second kappa shape index (κ2) is 8.91. The molecule has 1 spiro atoms. The van der Waals surface area contributed by atoms with Crippen LogP contribution in [0.3, 0.4) is 0 Å². The number of methoxy groups -OCH3 is 1. The zero-order chi connectivity index (χ0) is 25.1. The number of esters is 2. The van der Waals surface area contributed by atoms with Gasteiger partial charge in [0.1, 0.15) is 29.6 Å². The molecule has 1 aromatic rings. The number of hydrogen-bond acceptors (Lipinski definition) is 7. The predicted molar refractivity (Wildman–Crippen MR) is 126 cm³/mol. The lowest BCUT2D eigenvalue weighted by atomic mass is 9.57. The molecule has 4 aliphatic rings. The summed E-state index contributed by atoms with van der Waals surface area (Å²) in [5.74, 6) is -1.82. The summed E-state index contributed by atoms with van der Waals surface area (Å²) >= 11 is 0. The van der Waals surface area contributed by atoms with Crippen LogP contribution in [0.1, 0.15) is 44.6 Å². The molecule has 2 aliphatic carbocycles. The number of carbonyl (C=O) groups excluding carboxylic acids is 2. The first kappa shape index (κ1) is 24.3. The lowest BCUT2D eigenvalue weighted by Gasteiger charge is -2.48. The molecule has 2 fully saturated rings. The average Bonchev–Trinajstić information content (AvgIpc) is 3.43. The summed E-state index contributed by atoms with van der Waals surface area (Å²) in [6.45, 7) is 7.83. The second-order valence-corrected chi connectivity index (χ2v) is 10.6. The van der Waals surface area contributed by atoms with Crippen LogP contribution >= 0.6 is 0 Å². The largest absolute Gasteiger partial charge is 0.460 e. The number of hydrogen-bond donors (Lipinski definition) is 2. The molecule has 1 aromatic heterocycles. The van der Waals surface area contributed by atoms with Gasteiger partial charge in [-0.05, 0) is 38.0 Å². The van der Waals surface area contributed by atoms with Crippen molar-refractivity contribution in [3.63, 3.8) is 0 Å². The van der Waals surface area contributed by atoms with Crippen molar-refractivity contribution < 1.29 is 33.6 Å². The van der Waals surface area contributed by atoms with Crippen LogP contribution < -0.4 is 0 Å². The highest BCUT2D eigenvalue weighted by Crippen LogP contribution is 2.61. The van der Waals surface area contributed by atoms with Crippen LogP contribution in [0.4, 0.5) is 0 Å². The van der Waals surface area contributed by atoms with Gasteiger partial charge in [-0.3, -0.25) is 0 Å². The molecule has 0 radical (unpaired) electrons. The number of ether oxygens (including phenoxy) is 4. The van der Waals surface area contributed by atoms with Gasteiger partial charge in [-0.25, -0.2) is 9.59 Å². The lowest BCUT2D eigenvalue weighted by Crippen LogP contribution is -2.57. The number of aromatic amines is 1. The van der Waals surface area contributed by atoms with Gasteiger partial charge < -0.3 is 29.0 Å². The van der Waals surface area contributed by atoms with E-state index >= 15 is 0 Å². The van der Waals surface area contributed by atoms with Crippen molar-refractivity contribution in [2.75, 3.05) is 7.11 Å². The maximum Gasteiger partial charge on any atom is 0.355 e. The zero-order valence-electron chi connectivity index (χ0n) is 20.8. The molecular weight excluding hydrogens is 450 g/mol. The van der Waals surface area contributed by atoms with Crippen LogP contribution in [-0.4, -0.2) is 65.3 Å². The first-order valence-electron chi connectivity index (χ1n) is 12.5. The third-order valence-corrected chi connectivity index (χ3v) is 8.73. The maximum atomic E-state index is 12.9. The molecule has 1 saturated heterocycles. The highest BCUT2D eigenvalue weighted by Gasteiger charge is 2.69. The van der Waals surface area contributed by atoms with Crippen molar-refractivity contribution in [2.24, 2.45) is 29.6 Å². The molecule has 8 nitrogen and oxygen atoms in total. The molecular formula is C27H35NO7. The Morgan fingerprint density at radius 2 is 2.03 bits per heavy atom. The van der Waals surface area contributed by atoms with Gasteiger partial charge >= 0.3 is 11.9 Å². The molecule has 190 valence electrons. The van der Waals surface area contributed by atoms with E-state index in [4.69, 9.17) is 18.9 Å². The summed E-state index contributed by atoms with van der Waals surface area (Å²) in [7, 11) is 1.51. The Kier molecular flexibility index (Phi) is 6.18. The summed E-state index contributed by atoms with van der Waals surface area (Å²) in [5.41, 5.74) is 0.521. The van der Waals surface area contributed by atoms with E-state index in [0.717, 1.165) is 5.57 Å². The van der Waals surface area contributed by atoms with E-state index in [9.17, 15) is 14.7 Å². The van der Waals surface area contributed by atoms with Crippen molar-refractivity contribution in [1.82, 2.24) is 4.98 Å². The zero-order valence-corrected chi connectivity index (χ0v) is 20.8. The van der Waals surface area contributed by atoms with Gasteiger partial charge in [0.2, 0.25) is 0 Å². The smallest absolute Gasteiger partial charge is 0.355 e. The molecule has 8 heteroatoms. The molecule has 4 bridgehead atoms. The SMILES string of the molecule is CO[C@H]1C[C@H]2C=C[C@H]3[C@@H]4O[C@]2(/C(C)=C\[C@@H](C)[C@H](C)OC1=O)[C@@H]3[C@H](O)[C@@H](C)[C@H]4OC(=O)c1ccc[nH]1. The first-order chi connectivity index (χ1) is 16.7. The molecule has 5 rings (SSSR count). The van der Waals surface area contributed by atoms with Gasteiger partial charge in [-0.1, -0.05) is 32.1 Å². The van der Waals surface area contributed by atoms with Crippen LogP contribution in [0.5, 0.6) is 0 Å². The minimum absolute atomic E-state index is 0.0611. The molecule has 0 aromatic carbocycles. The molecule has 3 heterocycles. The minimum atomic E-state index is -0.840. The second-order valence-electron chi connectivity index (χ2n) is 10.6. The summed E-state index contributed by atoms with van der Waals surface area (Å²) in [6.07, 6.45) is 5.41. The van der Waals surface area contributed by atoms with Crippen molar-refractivity contribution in [3.8, 4) is 0 Å². The molecule has 11 atom stereocenters. The Hall–Kier alpha value is -2.42. The fraction of sp³-hybridized carbons (Fsp3) is 0.630. The monoisotopic (exact) mass is 485 g/mol. The number of aliphatic hydroxyl groups excluding tert-OH is 1. The summed E-state index contributed by atoms with van der Waals surface area (Å²) in [4.78, 5) is 28.6. The third-order valence-electron chi connectivity index (χ3n) is 8.73. The van der Waals surface area contributed by atoms with Crippen LogP contribution in [0, 0.1) is 29.6 Å². The molecule has 1 saturated carbocycles. The van der Waals surface area contributed by atoms with E-state index in [-0.39, 0.29) is 35.7 Å². The number of carbonyl (C=O) groups is 2. The minimum Gasteiger partial charge on any atom is -0.460 e. The number of rotatable bonds is 3. The van der Waals surface area contributed by atoms with E-state index in [0.29, 0.717) is 12.1 Å². The normalized spacial score (nSPS) is 46.2. The fourth-order valence-electron chi connectivity index (χ4n) is 6.70. The Labute approximate surface area is 205 Å². The Balaban J connectivity index is 1.57. The van der Waals surface area contributed by atoms with Gasteiger partial charge in [-0.15, -0.1) is 0 Å². The van der Waals surface area contributed by atoms with Crippen LogP contribution in [0.15, 0.2) is 42.1 Å². The first-order valence-corrected chi connectivity index (χ1v) is 12.5. The van der Waals surface area contributed by atoms with Gasteiger partial charge in [-0.2, -0.15) is 0 Å². The summed E-state index contributed by atoms with van der Waals surface area (Å²) in [5, 5.41) is 11.7. The molecule has 35 heavy (non-hydrogen) atoms. The number of aromatic nitrogens is 1. The topological polar surface area (TPSA) is 107 Å². The van der Waals surface area contributed by atoms with E-state index in [1.54, 1.807) is 18.3 Å². The molecule has 2 aliphatic heterocycles. The predicted octanol–water partition coefficient (Wildman–Crippen LogP) is 3.04. The average molecular weight is 486 g/mol. The van der Waals surface area contributed by atoms with Crippen molar-refractivity contribution in [2.45, 2.75) is 70.2 Å². The maximum absolute atomic E-state index is 12.9. The number of cyclic esters (lactones) is 1. The molecule has 0 amide bonds. The van der Waals surface area contributed by atoms with E-state index < -0.39 is 42.0 Å². The van der Waals surface area contributed by atoms with Crippen molar-refractivity contribution >= 4 is 11.9 Å². The Morgan fingerprint density at radius 3 is 2.71 bits per heavy atom. The van der Waals surface area contributed by atoms with Crippen LogP contribution in [0.2, 0.25) is 0 Å². The highest BCUT2D eigenvalue weighted by atomic mass is 16.6. The van der Waals surface area contributed by atoms with E-state index in [2.05, 4.69) is 23.2 Å². The fourth-order valence-corrected chi connectivity index (χ4v) is 6.70. The quantitative estimate of drug-likeness (QED) is 0.501.